The molecule has 0 saturated carbocycles. The van der Waals surface area contributed by atoms with Gasteiger partial charge in [0.2, 0.25) is 5.91 Å². The molecule has 4 bridgehead atoms. The van der Waals surface area contributed by atoms with Gasteiger partial charge >= 0.3 is 0 Å². The summed E-state index contributed by atoms with van der Waals surface area (Å²) in [6, 6.07) is 5.87. The number of imidazole rings is 1. The average Bonchev–Trinajstić information content (AvgIpc) is 3.46. The van der Waals surface area contributed by atoms with Gasteiger partial charge in [-0.2, -0.15) is 5.10 Å². The van der Waals surface area contributed by atoms with Crippen LogP contribution in [0.3, 0.4) is 0 Å². The van der Waals surface area contributed by atoms with Crippen LogP contribution >= 0.6 is 0 Å². The van der Waals surface area contributed by atoms with Gasteiger partial charge in [-0.1, -0.05) is 6.07 Å². The molecular formula is C23H22N8O. The van der Waals surface area contributed by atoms with Crippen LogP contribution in [-0.2, 0) is 24.4 Å². The van der Waals surface area contributed by atoms with Crippen molar-refractivity contribution >= 4 is 17.3 Å². The molecule has 0 atom stereocenters. The predicted octanol–water partition coefficient (Wildman–Crippen LogP) is 2.40. The number of pyridine rings is 1. The van der Waals surface area contributed by atoms with Crippen molar-refractivity contribution in [3.8, 4) is 11.4 Å². The number of rotatable bonds is 0. The van der Waals surface area contributed by atoms with Crippen LogP contribution in [0.2, 0.25) is 0 Å². The minimum absolute atomic E-state index is 0.0810. The lowest BCUT2D eigenvalue weighted by Crippen LogP contribution is -2.26. The topological polar surface area (TPSA) is 93.6 Å². The van der Waals surface area contributed by atoms with Crippen molar-refractivity contribution in [2.75, 3.05) is 7.05 Å². The molecule has 4 aromatic rings. The molecule has 6 heterocycles. The Morgan fingerprint density at radius 1 is 1.12 bits per heavy atom. The Hall–Kier alpha value is -3.88. The second-order valence-electron chi connectivity index (χ2n) is 8.30. The molecule has 6 rings (SSSR count). The molecular weight excluding hydrogens is 404 g/mol. The lowest BCUT2D eigenvalue weighted by atomic mass is 10.1. The molecule has 0 N–H and O–H groups in total. The van der Waals surface area contributed by atoms with Gasteiger partial charge in [0.25, 0.3) is 0 Å². The molecule has 2 aliphatic rings. The molecule has 4 aromatic heterocycles. The van der Waals surface area contributed by atoms with Gasteiger partial charge in [-0.25, -0.2) is 9.97 Å². The Bertz CT molecular complexity index is 1410. The normalized spacial score (nSPS) is 16.0. The summed E-state index contributed by atoms with van der Waals surface area (Å²) < 4.78 is 3.91. The quantitative estimate of drug-likeness (QED) is 0.430. The van der Waals surface area contributed by atoms with E-state index in [0.717, 1.165) is 45.4 Å². The van der Waals surface area contributed by atoms with Crippen LogP contribution in [0, 0.1) is 6.92 Å². The van der Waals surface area contributed by atoms with E-state index in [4.69, 9.17) is 19.9 Å². The number of hydrogen-bond donors (Lipinski definition) is 0. The van der Waals surface area contributed by atoms with Gasteiger partial charge in [0.1, 0.15) is 17.0 Å². The molecule has 9 heteroatoms. The highest BCUT2D eigenvalue weighted by atomic mass is 16.2. The van der Waals surface area contributed by atoms with Gasteiger partial charge in [-0.15, -0.1) is 0 Å². The van der Waals surface area contributed by atoms with Crippen molar-refractivity contribution in [3.05, 3.63) is 65.1 Å². The van der Waals surface area contributed by atoms with E-state index in [1.165, 1.54) is 0 Å². The third-order valence-corrected chi connectivity index (χ3v) is 6.10. The lowest BCUT2D eigenvalue weighted by Gasteiger charge is -2.17. The minimum Gasteiger partial charge on any atom is -0.340 e. The number of carbonyl (C=O) groups excluding carboxylic acids is 1. The summed E-state index contributed by atoms with van der Waals surface area (Å²) in [4.78, 5) is 33.8. The fourth-order valence-electron chi connectivity index (χ4n) is 4.46. The van der Waals surface area contributed by atoms with E-state index >= 15 is 0 Å². The number of carbonyl (C=O) groups is 1. The highest BCUT2D eigenvalue weighted by Gasteiger charge is 2.26. The van der Waals surface area contributed by atoms with Crippen molar-refractivity contribution in [2.45, 2.75) is 39.4 Å². The second kappa shape index (κ2) is 7.08. The Morgan fingerprint density at radius 3 is 2.94 bits per heavy atom. The van der Waals surface area contributed by atoms with Crippen LogP contribution in [0.4, 0.5) is 0 Å². The molecule has 0 radical (unpaired) electrons. The van der Waals surface area contributed by atoms with Crippen LogP contribution in [0.1, 0.15) is 41.2 Å². The van der Waals surface area contributed by atoms with E-state index in [2.05, 4.69) is 5.10 Å². The van der Waals surface area contributed by atoms with Gasteiger partial charge < -0.3 is 4.90 Å². The minimum atomic E-state index is 0.0810. The number of aromatic nitrogens is 6. The van der Waals surface area contributed by atoms with Crippen molar-refractivity contribution in [3.63, 3.8) is 0 Å². The summed E-state index contributed by atoms with van der Waals surface area (Å²) in [6.07, 6.45) is 6.92. The largest absolute Gasteiger partial charge is 0.340 e. The monoisotopic (exact) mass is 426 g/mol. The molecule has 9 nitrogen and oxygen atoms in total. The van der Waals surface area contributed by atoms with Crippen molar-refractivity contribution in [1.29, 1.82) is 0 Å². The number of aliphatic imine (C=N–C) groups is 1. The van der Waals surface area contributed by atoms with Gasteiger partial charge in [0, 0.05) is 38.0 Å². The SMILES string of the molecule is Cc1nn2cc1C1=NCc3ncc(nc31)-c1c(nc3ccccn13)CN(C)C(=O)CCC2. The zero-order valence-electron chi connectivity index (χ0n) is 18.0. The van der Waals surface area contributed by atoms with E-state index in [1.807, 2.05) is 53.6 Å². The van der Waals surface area contributed by atoms with E-state index in [-0.39, 0.29) is 5.91 Å². The van der Waals surface area contributed by atoms with E-state index in [0.29, 0.717) is 38.2 Å². The van der Waals surface area contributed by atoms with Crippen molar-refractivity contribution in [1.82, 2.24) is 34.0 Å². The molecule has 0 saturated heterocycles. The molecule has 1 amide bonds. The van der Waals surface area contributed by atoms with Gasteiger partial charge in [0.05, 0.1) is 47.8 Å². The maximum Gasteiger partial charge on any atom is 0.222 e. The smallest absolute Gasteiger partial charge is 0.222 e. The highest BCUT2D eigenvalue weighted by Crippen LogP contribution is 2.28. The van der Waals surface area contributed by atoms with Crippen molar-refractivity contribution < 1.29 is 4.79 Å². The van der Waals surface area contributed by atoms with E-state index in [1.54, 1.807) is 11.1 Å². The first kappa shape index (κ1) is 18.9. The fourth-order valence-corrected chi connectivity index (χ4v) is 4.46. The van der Waals surface area contributed by atoms with Crippen LogP contribution in [0.15, 0.2) is 41.8 Å². The molecule has 0 spiro atoms. The van der Waals surface area contributed by atoms with E-state index in [9.17, 15) is 4.79 Å². The summed E-state index contributed by atoms with van der Waals surface area (Å²) >= 11 is 0. The highest BCUT2D eigenvalue weighted by molar-refractivity contribution is 6.14. The summed E-state index contributed by atoms with van der Waals surface area (Å²) in [5.41, 5.74) is 7.53. The average molecular weight is 426 g/mol. The van der Waals surface area contributed by atoms with Crippen LogP contribution in [-0.4, -0.2) is 52.7 Å². The first-order valence-corrected chi connectivity index (χ1v) is 10.7. The summed E-state index contributed by atoms with van der Waals surface area (Å²) in [5, 5.41) is 4.64. The second-order valence-corrected chi connectivity index (χ2v) is 8.30. The number of nitrogens with zero attached hydrogens (tertiary/aromatic N) is 8. The Kier molecular flexibility index (Phi) is 4.17. The fraction of sp³-hybridized carbons (Fsp3) is 0.304. The standard InChI is InChI=1S/C23H22N8O/c1-14-15-12-30(28-14)8-5-7-20(32)29(2)13-18-23(31-9-4-3-6-19(31)26-18)17-11-24-16-10-25-21(15)22(16)27-17/h3-4,6,9,11-12H,5,7-8,10,13H2,1-2H3. The number of fused-ring (bicyclic) bond motifs is 8. The first-order chi connectivity index (χ1) is 15.6. The van der Waals surface area contributed by atoms with Gasteiger partial charge in [-0.05, 0) is 25.5 Å². The summed E-state index contributed by atoms with van der Waals surface area (Å²) in [5.74, 6) is 0.0810. The third kappa shape index (κ3) is 2.92. The Labute approximate surface area is 184 Å². The predicted molar refractivity (Wildman–Crippen MR) is 118 cm³/mol. The van der Waals surface area contributed by atoms with Gasteiger partial charge in [-0.3, -0.25) is 23.9 Å². The maximum atomic E-state index is 12.8. The number of hydrogen-bond acceptors (Lipinski definition) is 6. The molecule has 0 fully saturated rings. The zero-order valence-corrected chi connectivity index (χ0v) is 18.0. The molecule has 2 aliphatic heterocycles. The number of aryl methyl sites for hydroxylation is 2. The van der Waals surface area contributed by atoms with Crippen LogP contribution in [0.25, 0.3) is 17.0 Å². The summed E-state index contributed by atoms with van der Waals surface area (Å²) in [7, 11) is 1.82. The zero-order chi connectivity index (χ0) is 21.8. The van der Waals surface area contributed by atoms with Crippen LogP contribution in [0.5, 0.6) is 0 Å². The first-order valence-electron chi connectivity index (χ1n) is 10.7. The molecule has 32 heavy (non-hydrogen) atoms. The molecule has 0 aliphatic carbocycles. The van der Waals surface area contributed by atoms with Crippen molar-refractivity contribution in [2.24, 2.45) is 4.99 Å². The molecule has 0 unspecified atom stereocenters. The Balaban J connectivity index is 1.58. The molecule has 0 aromatic carbocycles. The number of amides is 1. The maximum absolute atomic E-state index is 12.8. The van der Waals surface area contributed by atoms with Crippen LogP contribution < -0.4 is 0 Å². The summed E-state index contributed by atoms with van der Waals surface area (Å²) in [6.45, 7) is 3.57. The van der Waals surface area contributed by atoms with Gasteiger partial charge in [0.15, 0.2) is 0 Å². The lowest BCUT2D eigenvalue weighted by molar-refractivity contribution is -0.130. The third-order valence-electron chi connectivity index (χ3n) is 6.10. The Morgan fingerprint density at radius 2 is 2.03 bits per heavy atom. The molecule has 160 valence electrons. The van der Waals surface area contributed by atoms with E-state index < -0.39 is 0 Å².